The van der Waals surface area contributed by atoms with Crippen LogP contribution < -0.4 is 5.73 Å². The summed E-state index contributed by atoms with van der Waals surface area (Å²) in [5.41, 5.74) is 5.14. The van der Waals surface area contributed by atoms with Crippen molar-refractivity contribution in [1.29, 1.82) is 0 Å². The van der Waals surface area contributed by atoms with E-state index in [0.717, 1.165) is 6.54 Å². The molecule has 6 N–H and O–H groups in total. The second-order valence-corrected chi connectivity index (χ2v) is 1.14. The van der Waals surface area contributed by atoms with Crippen molar-refractivity contribution in [1.82, 2.24) is 0 Å². The maximum absolute atomic E-state index is 5.14. The van der Waals surface area contributed by atoms with E-state index in [0.29, 0.717) is 0 Å². The Morgan fingerprint density at radius 3 is 1.44 bits per heavy atom. The summed E-state index contributed by atoms with van der Waals surface area (Å²) in [5, 5.41) is 0. The van der Waals surface area contributed by atoms with Gasteiger partial charge in [0.1, 0.15) is 0 Å². The molecule has 0 rings (SSSR count). The van der Waals surface area contributed by atoms with Crippen molar-refractivity contribution in [3.63, 3.8) is 0 Å². The first-order chi connectivity index (χ1) is 2.41. The predicted molar refractivity (Wildman–Crippen MR) is 45.7 cm³/mol. The van der Waals surface area contributed by atoms with E-state index in [2.05, 4.69) is 6.92 Å². The lowest BCUT2D eigenvalue weighted by molar-refractivity contribution is 0.807. The molecule has 3 nitrogen and oxygen atoms in total. The van der Waals surface area contributed by atoms with E-state index < -0.39 is 0 Å². The Balaban J connectivity index is -0.0000000133. The van der Waals surface area contributed by atoms with Gasteiger partial charge < -0.3 is 16.7 Å². The number of rotatable bonds is 2. The van der Waals surface area contributed by atoms with Gasteiger partial charge in [-0.3, -0.25) is 0 Å². The van der Waals surface area contributed by atoms with Gasteiger partial charge in [0.2, 0.25) is 0 Å². The van der Waals surface area contributed by atoms with Crippen LogP contribution in [0.2, 0.25) is 0 Å². The maximum Gasteiger partial charge on any atom is -0.00774 e. The highest BCUT2D eigenvalue weighted by molar-refractivity contribution is 5.85. The summed E-state index contributed by atoms with van der Waals surface area (Å²) >= 11 is 0. The average molecular weight is 182 g/mol. The van der Waals surface area contributed by atoms with E-state index in [1.54, 1.807) is 0 Å². The first kappa shape index (κ1) is 34.0. The monoisotopic (exact) mass is 181 g/mol. The zero-order valence-electron chi connectivity index (χ0n) is 5.52. The molecule has 0 aliphatic rings. The molecule has 0 aliphatic heterocycles. The van der Waals surface area contributed by atoms with Gasteiger partial charge in [-0.2, -0.15) is 0 Å². The van der Waals surface area contributed by atoms with Crippen molar-refractivity contribution in [2.75, 3.05) is 6.54 Å². The summed E-state index contributed by atoms with van der Waals surface area (Å²) in [6, 6.07) is 0. The molecule has 0 fully saturated rings. The van der Waals surface area contributed by atoms with Crippen LogP contribution in [0.1, 0.15) is 19.8 Å². The molecule has 0 saturated heterocycles. The van der Waals surface area contributed by atoms with Crippen molar-refractivity contribution in [3.8, 4) is 0 Å². The smallest absolute Gasteiger partial charge is 0.00774 e. The third-order valence-electron chi connectivity index (χ3n) is 0.558. The molecule has 0 aromatic heterocycles. The van der Waals surface area contributed by atoms with Gasteiger partial charge in [-0.25, -0.2) is 0 Å². The van der Waals surface area contributed by atoms with E-state index in [1.807, 2.05) is 0 Å². The normalized spacial score (nSPS) is 4.67. The topological polar surface area (TPSA) is 89.0 Å². The lowest BCUT2D eigenvalue weighted by Crippen LogP contribution is -1.95. The molecule has 0 atom stereocenters. The number of nitrogens with two attached hydrogens (primary N) is 1. The van der Waals surface area contributed by atoms with E-state index in [-0.39, 0.29) is 35.8 Å². The molecule has 0 radical (unpaired) electrons. The second-order valence-electron chi connectivity index (χ2n) is 1.14. The lowest BCUT2D eigenvalue weighted by atomic mass is 10.3. The maximum atomic E-state index is 5.14. The third kappa shape index (κ3) is 58.3. The highest BCUT2D eigenvalue weighted by Gasteiger charge is 1.67. The Morgan fingerprint density at radius 1 is 1.11 bits per heavy atom. The van der Waals surface area contributed by atoms with Crippen molar-refractivity contribution in [2.45, 2.75) is 19.8 Å². The molecule has 0 amide bonds. The fourth-order valence-electron chi connectivity index (χ4n) is 0.204. The molecule has 0 saturated carbocycles. The van der Waals surface area contributed by atoms with Crippen LogP contribution in [0.3, 0.4) is 0 Å². The summed E-state index contributed by atoms with van der Waals surface area (Å²) in [4.78, 5) is 0. The van der Waals surface area contributed by atoms with Crippen LogP contribution in [-0.4, -0.2) is 17.5 Å². The van der Waals surface area contributed by atoms with Gasteiger partial charge in [0.15, 0.2) is 0 Å². The molecule has 0 unspecified atom stereocenters. The van der Waals surface area contributed by atoms with E-state index in [4.69, 9.17) is 5.73 Å². The number of halogens is 2. The molecule has 0 heterocycles. The van der Waals surface area contributed by atoms with Crippen LogP contribution in [0.25, 0.3) is 0 Å². The molecule has 5 heteroatoms. The molecule has 0 spiro atoms. The van der Waals surface area contributed by atoms with E-state index in [9.17, 15) is 0 Å². The zero-order valence-corrected chi connectivity index (χ0v) is 7.15. The zero-order chi connectivity index (χ0) is 4.12. The summed E-state index contributed by atoms with van der Waals surface area (Å²) in [5.74, 6) is 0. The number of unbranched alkanes of at least 4 members (excludes halogenated alkanes) is 1. The lowest BCUT2D eigenvalue weighted by Gasteiger charge is -1.80. The van der Waals surface area contributed by atoms with Crippen LogP contribution in [-0.2, 0) is 0 Å². The summed E-state index contributed by atoms with van der Waals surface area (Å²) in [6.45, 7) is 2.98. The first-order valence-electron chi connectivity index (χ1n) is 2.12. The molecule has 0 aliphatic carbocycles. The van der Waals surface area contributed by atoms with Crippen LogP contribution >= 0.6 is 24.8 Å². The highest BCUT2D eigenvalue weighted by Crippen LogP contribution is 1.77. The Morgan fingerprint density at radius 2 is 1.44 bits per heavy atom. The minimum absolute atomic E-state index is 0. The average Bonchev–Trinajstić information content (AvgIpc) is 1.41. The molecule has 0 aromatic rings. The minimum Gasteiger partial charge on any atom is -0.412 e. The van der Waals surface area contributed by atoms with Crippen molar-refractivity contribution < 1.29 is 11.0 Å². The van der Waals surface area contributed by atoms with Gasteiger partial charge in [0.25, 0.3) is 0 Å². The van der Waals surface area contributed by atoms with Crippen LogP contribution in [0, 0.1) is 0 Å². The Bertz CT molecular complexity index is 24.0. The van der Waals surface area contributed by atoms with Gasteiger partial charge in [-0.15, -0.1) is 24.8 Å². The summed E-state index contributed by atoms with van der Waals surface area (Å²) in [6.07, 6.45) is 2.39. The van der Waals surface area contributed by atoms with Gasteiger partial charge in [0, 0.05) is 0 Å². The van der Waals surface area contributed by atoms with Crippen molar-refractivity contribution in [3.05, 3.63) is 0 Å². The standard InChI is InChI=1S/C4H11N.2ClH.2H2O/c1-2-3-4-5;;;;/h2-5H2,1H3;2*1H;2*1H2. The van der Waals surface area contributed by atoms with Gasteiger partial charge in [-0.05, 0) is 13.0 Å². The minimum atomic E-state index is 0. The molecule has 64 valence electrons. The van der Waals surface area contributed by atoms with Crippen LogP contribution in [0.5, 0.6) is 0 Å². The Kier molecular flexibility index (Phi) is 149. The molecular weight excluding hydrogens is 165 g/mol. The highest BCUT2D eigenvalue weighted by atomic mass is 35.5. The summed E-state index contributed by atoms with van der Waals surface area (Å²) < 4.78 is 0. The van der Waals surface area contributed by atoms with Gasteiger partial charge in [0.05, 0.1) is 0 Å². The van der Waals surface area contributed by atoms with Crippen LogP contribution in [0.4, 0.5) is 0 Å². The molecular formula is C4H17Cl2NO2. The Labute approximate surface area is 68.4 Å². The fraction of sp³-hybridized carbons (Fsp3) is 1.00. The second kappa shape index (κ2) is 39.3. The quantitative estimate of drug-likeness (QED) is 0.636. The molecule has 0 aromatic carbocycles. The number of hydrogen-bond donors (Lipinski definition) is 1. The molecule has 9 heavy (non-hydrogen) atoms. The van der Waals surface area contributed by atoms with Gasteiger partial charge in [-0.1, -0.05) is 13.3 Å². The van der Waals surface area contributed by atoms with Gasteiger partial charge >= 0.3 is 0 Å². The largest absolute Gasteiger partial charge is 0.412 e. The van der Waals surface area contributed by atoms with Crippen molar-refractivity contribution >= 4 is 24.8 Å². The first-order valence-corrected chi connectivity index (χ1v) is 2.12. The Hall–Kier alpha value is 0.460. The van der Waals surface area contributed by atoms with Crippen LogP contribution in [0.15, 0.2) is 0 Å². The van der Waals surface area contributed by atoms with E-state index in [1.165, 1.54) is 12.8 Å². The van der Waals surface area contributed by atoms with E-state index >= 15 is 0 Å². The number of hydrogen-bond acceptors (Lipinski definition) is 1. The predicted octanol–water partition coefficient (Wildman–Crippen LogP) is -0.0606. The SMILES string of the molecule is CCCCN.Cl.Cl.O.O. The van der Waals surface area contributed by atoms with Crippen molar-refractivity contribution in [2.24, 2.45) is 5.73 Å². The third-order valence-corrected chi connectivity index (χ3v) is 0.558. The fourth-order valence-corrected chi connectivity index (χ4v) is 0.204. The summed E-state index contributed by atoms with van der Waals surface area (Å²) in [7, 11) is 0. The molecule has 0 bridgehead atoms.